The molecule has 2 aromatic carbocycles. The van der Waals surface area contributed by atoms with Crippen LogP contribution in [0.25, 0.3) is 16.8 Å². The van der Waals surface area contributed by atoms with E-state index in [1.54, 1.807) is 12.1 Å². The van der Waals surface area contributed by atoms with Gasteiger partial charge in [-0.25, -0.2) is 4.79 Å². The fourth-order valence-corrected chi connectivity index (χ4v) is 1.97. The summed E-state index contributed by atoms with van der Waals surface area (Å²) in [7, 11) is 0. The molecule has 92 valence electrons. The van der Waals surface area contributed by atoms with Gasteiger partial charge in [0.05, 0.1) is 5.56 Å². The lowest BCUT2D eigenvalue weighted by Crippen LogP contribution is -1.97. The van der Waals surface area contributed by atoms with E-state index >= 15 is 0 Å². The van der Waals surface area contributed by atoms with E-state index in [1.165, 1.54) is 0 Å². The molecule has 0 saturated heterocycles. The van der Waals surface area contributed by atoms with Crippen molar-refractivity contribution in [1.29, 1.82) is 0 Å². The summed E-state index contributed by atoms with van der Waals surface area (Å²) in [5.74, 6) is -0.899. The fourth-order valence-electron chi connectivity index (χ4n) is 1.97. The molecular formula is C15H15NO2. The molecule has 0 aliphatic carbocycles. The molecule has 0 saturated carbocycles. The maximum Gasteiger partial charge on any atom is 0.336 e. The molecular weight excluding hydrogens is 226 g/mol. The Morgan fingerprint density at radius 2 is 1.89 bits per heavy atom. The first kappa shape index (κ1) is 12.3. The molecule has 2 aromatic rings. The molecule has 0 fully saturated rings. The summed E-state index contributed by atoms with van der Waals surface area (Å²) < 4.78 is 0. The predicted molar refractivity (Wildman–Crippen MR) is 73.6 cm³/mol. The molecule has 0 aromatic heterocycles. The highest BCUT2D eigenvalue weighted by Gasteiger charge is 2.08. The van der Waals surface area contributed by atoms with Crippen molar-refractivity contribution in [1.82, 2.24) is 0 Å². The van der Waals surface area contributed by atoms with Gasteiger partial charge in [-0.2, -0.15) is 0 Å². The molecule has 0 aliphatic heterocycles. The van der Waals surface area contributed by atoms with E-state index in [0.29, 0.717) is 12.1 Å². The highest BCUT2D eigenvalue weighted by Crippen LogP contribution is 2.23. The van der Waals surface area contributed by atoms with Crippen molar-refractivity contribution in [3.05, 3.63) is 53.6 Å². The van der Waals surface area contributed by atoms with Gasteiger partial charge >= 0.3 is 5.97 Å². The van der Waals surface area contributed by atoms with Gasteiger partial charge < -0.3 is 10.8 Å². The fraction of sp³-hybridized carbons (Fsp3) is 0.133. The van der Waals surface area contributed by atoms with E-state index in [0.717, 1.165) is 22.8 Å². The minimum Gasteiger partial charge on any atom is -0.478 e. The Bertz CT molecular complexity index is 602. The van der Waals surface area contributed by atoms with Crippen LogP contribution < -0.4 is 5.73 Å². The van der Waals surface area contributed by atoms with Crippen molar-refractivity contribution in [2.45, 2.75) is 6.42 Å². The molecule has 3 heteroatoms. The smallest absolute Gasteiger partial charge is 0.336 e. The van der Waals surface area contributed by atoms with Crippen molar-refractivity contribution in [2.75, 3.05) is 6.54 Å². The highest BCUT2D eigenvalue weighted by molar-refractivity contribution is 6.05. The Morgan fingerprint density at radius 1 is 1.17 bits per heavy atom. The van der Waals surface area contributed by atoms with Crippen molar-refractivity contribution in [2.24, 2.45) is 5.73 Å². The molecule has 0 heterocycles. The number of aromatic carboxylic acids is 1. The molecule has 0 bridgehead atoms. The van der Waals surface area contributed by atoms with E-state index in [4.69, 9.17) is 10.8 Å². The van der Waals surface area contributed by atoms with Gasteiger partial charge in [0, 0.05) is 0 Å². The van der Waals surface area contributed by atoms with Crippen LogP contribution in [0, 0.1) is 0 Å². The predicted octanol–water partition coefficient (Wildman–Crippen LogP) is 2.90. The Kier molecular flexibility index (Phi) is 3.75. The minimum atomic E-state index is -0.899. The van der Waals surface area contributed by atoms with Crippen LogP contribution in [0.2, 0.25) is 0 Å². The van der Waals surface area contributed by atoms with Crippen LogP contribution in [0.15, 0.2) is 42.5 Å². The van der Waals surface area contributed by atoms with Crippen LogP contribution in [0.3, 0.4) is 0 Å². The number of hydrogen-bond donors (Lipinski definition) is 2. The topological polar surface area (TPSA) is 63.3 Å². The summed E-state index contributed by atoms with van der Waals surface area (Å²) in [4.78, 5) is 11.2. The zero-order chi connectivity index (χ0) is 13.0. The average molecular weight is 241 g/mol. The zero-order valence-electron chi connectivity index (χ0n) is 9.97. The molecule has 0 amide bonds. The van der Waals surface area contributed by atoms with Gasteiger partial charge in [-0.15, -0.1) is 0 Å². The molecule has 0 radical (unpaired) electrons. The number of carboxylic acids is 1. The maximum absolute atomic E-state index is 11.2. The third kappa shape index (κ3) is 2.41. The summed E-state index contributed by atoms with van der Waals surface area (Å²) in [5.41, 5.74) is 6.79. The second-order valence-corrected chi connectivity index (χ2v) is 4.03. The van der Waals surface area contributed by atoms with Gasteiger partial charge in [-0.05, 0) is 35.4 Å². The number of hydrogen-bond acceptors (Lipinski definition) is 2. The van der Waals surface area contributed by atoms with E-state index in [2.05, 4.69) is 0 Å². The van der Waals surface area contributed by atoms with E-state index in [-0.39, 0.29) is 0 Å². The molecule has 2 rings (SSSR count). The lowest BCUT2D eigenvalue weighted by Gasteiger charge is -2.05. The van der Waals surface area contributed by atoms with Gasteiger partial charge in [0.15, 0.2) is 0 Å². The van der Waals surface area contributed by atoms with Gasteiger partial charge in [0.2, 0.25) is 0 Å². The lowest BCUT2D eigenvalue weighted by atomic mass is 9.99. The number of fused-ring (bicyclic) bond motifs is 1. The first-order chi connectivity index (χ1) is 8.74. The quantitative estimate of drug-likeness (QED) is 0.865. The summed E-state index contributed by atoms with van der Waals surface area (Å²) >= 11 is 0. The van der Waals surface area contributed by atoms with Crippen molar-refractivity contribution in [3.8, 4) is 0 Å². The Labute approximate surface area is 106 Å². The Hall–Kier alpha value is -2.13. The second kappa shape index (κ2) is 5.47. The second-order valence-electron chi connectivity index (χ2n) is 4.03. The highest BCUT2D eigenvalue weighted by atomic mass is 16.4. The van der Waals surface area contributed by atoms with Crippen LogP contribution in [-0.4, -0.2) is 17.6 Å². The number of carbonyl (C=O) groups is 1. The third-order valence-electron chi connectivity index (χ3n) is 2.82. The van der Waals surface area contributed by atoms with Gasteiger partial charge in [0.1, 0.15) is 0 Å². The monoisotopic (exact) mass is 241 g/mol. The minimum absolute atomic E-state index is 0.335. The molecule has 0 spiro atoms. The zero-order valence-corrected chi connectivity index (χ0v) is 9.97. The lowest BCUT2D eigenvalue weighted by molar-refractivity contribution is 0.0699. The van der Waals surface area contributed by atoms with Crippen molar-refractivity contribution < 1.29 is 9.90 Å². The van der Waals surface area contributed by atoms with Gasteiger partial charge in [-0.1, -0.05) is 42.5 Å². The first-order valence-electron chi connectivity index (χ1n) is 5.85. The van der Waals surface area contributed by atoms with Crippen molar-refractivity contribution in [3.63, 3.8) is 0 Å². The van der Waals surface area contributed by atoms with Crippen LogP contribution in [-0.2, 0) is 0 Å². The van der Waals surface area contributed by atoms with E-state index < -0.39 is 5.97 Å². The Morgan fingerprint density at radius 3 is 2.61 bits per heavy atom. The number of benzene rings is 2. The maximum atomic E-state index is 11.2. The summed E-state index contributed by atoms with van der Waals surface area (Å²) in [6, 6.07) is 11.0. The van der Waals surface area contributed by atoms with Crippen LogP contribution in [0.4, 0.5) is 0 Å². The standard InChI is InChI=1S/C15H15NO2/c16-10-2-1-5-11-6-3-8-13-12(11)7-4-9-14(13)15(17)18/h1,3-9H,2,10,16H2,(H,17,18). The number of nitrogens with two attached hydrogens (primary N) is 1. The van der Waals surface area contributed by atoms with E-state index in [1.807, 2.05) is 36.4 Å². The van der Waals surface area contributed by atoms with Crippen LogP contribution >= 0.6 is 0 Å². The Balaban J connectivity index is 2.56. The van der Waals surface area contributed by atoms with Crippen LogP contribution in [0.1, 0.15) is 22.3 Å². The first-order valence-corrected chi connectivity index (χ1v) is 5.85. The third-order valence-corrected chi connectivity index (χ3v) is 2.82. The molecule has 0 aliphatic rings. The van der Waals surface area contributed by atoms with Crippen LogP contribution in [0.5, 0.6) is 0 Å². The normalized spacial score (nSPS) is 11.2. The summed E-state index contributed by atoms with van der Waals surface area (Å²) in [6.07, 6.45) is 4.80. The summed E-state index contributed by atoms with van der Waals surface area (Å²) in [6.45, 7) is 0.613. The van der Waals surface area contributed by atoms with Gasteiger partial charge in [-0.3, -0.25) is 0 Å². The summed E-state index contributed by atoms with van der Waals surface area (Å²) in [5, 5.41) is 10.9. The van der Waals surface area contributed by atoms with Crippen molar-refractivity contribution >= 4 is 22.8 Å². The molecule has 0 unspecified atom stereocenters. The molecule has 0 atom stereocenters. The number of rotatable bonds is 4. The van der Waals surface area contributed by atoms with Gasteiger partial charge in [0.25, 0.3) is 0 Å². The largest absolute Gasteiger partial charge is 0.478 e. The van der Waals surface area contributed by atoms with E-state index in [9.17, 15) is 4.79 Å². The number of carboxylic acid groups (broad SMARTS) is 1. The molecule has 3 nitrogen and oxygen atoms in total. The molecule has 3 N–H and O–H groups in total. The SMILES string of the molecule is NCCC=Cc1cccc2c(C(=O)O)cccc12. The molecule has 18 heavy (non-hydrogen) atoms. The average Bonchev–Trinajstić information content (AvgIpc) is 2.38.